The van der Waals surface area contributed by atoms with E-state index in [0.29, 0.717) is 17.0 Å². The molecular weight excluding hydrogens is 322 g/mol. The summed E-state index contributed by atoms with van der Waals surface area (Å²) in [6, 6.07) is 12.0. The van der Waals surface area contributed by atoms with Crippen LogP contribution in [0, 0.1) is 18.3 Å². The van der Waals surface area contributed by atoms with Gasteiger partial charge in [0.1, 0.15) is 6.07 Å². The minimum atomic E-state index is -0.0471. The number of aliphatic hydroxyl groups is 1. The summed E-state index contributed by atoms with van der Waals surface area (Å²) < 4.78 is 3.67. The number of thioether (sulfide) groups is 1. The summed E-state index contributed by atoms with van der Waals surface area (Å²) in [4.78, 5) is 4.32. The molecule has 0 fully saturated rings. The van der Waals surface area contributed by atoms with E-state index in [1.807, 2.05) is 53.6 Å². The number of benzene rings is 1. The number of aryl methyl sites for hydroxylation is 1. The van der Waals surface area contributed by atoms with Crippen molar-refractivity contribution in [3.8, 4) is 11.8 Å². The Bertz CT molecular complexity index is 892. The molecule has 1 aromatic carbocycles. The van der Waals surface area contributed by atoms with E-state index >= 15 is 0 Å². The van der Waals surface area contributed by atoms with Crippen LogP contribution in [0.1, 0.15) is 22.6 Å². The third kappa shape index (κ3) is 2.94. The summed E-state index contributed by atoms with van der Waals surface area (Å²) in [6.07, 6.45) is 1.66. The molecule has 122 valence electrons. The molecule has 0 amide bonds. The summed E-state index contributed by atoms with van der Waals surface area (Å²) in [5.41, 5.74) is 3.84. The number of nitrogens with zero attached hydrogens (tertiary/aromatic N) is 5. The highest BCUT2D eigenvalue weighted by molar-refractivity contribution is 7.98. The molecule has 2 aromatic heterocycles. The molecule has 7 heteroatoms. The van der Waals surface area contributed by atoms with E-state index in [2.05, 4.69) is 16.2 Å². The lowest BCUT2D eigenvalue weighted by Crippen LogP contribution is -2.03. The molecule has 0 saturated heterocycles. The standard InChI is InChI=1S/C17H17N5OS/c1-12-15(8-18)16(22(20-12)13-6-4-3-5-7-13)11-24-17-19-9-14(10-23)21(17)2/h3-7,9,23H,10-11H2,1-2H3. The topological polar surface area (TPSA) is 79.7 Å². The van der Waals surface area contributed by atoms with Gasteiger partial charge in [0, 0.05) is 12.8 Å². The maximum absolute atomic E-state index is 9.49. The number of hydrogen-bond donors (Lipinski definition) is 1. The van der Waals surface area contributed by atoms with E-state index in [4.69, 9.17) is 0 Å². The first-order chi connectivity index (χ1) is 11.7. The summed E-state index contributed by atoms with van der Waals surface area (Å²) in [5, 5.41) is 24.1. The Morgan fingerprint density at radius 2 is 2.04 bits per heavy atom. The fourth-order valence-electron chi connectivity index (χ4n) is 2.48. The number of hydrogen-bond acceptors (Lipinski definition) is 5. The van der Waals surface area contributed by atoms with Crippen molar-refractivity contribution < 1.29 is 5.11 Å². The SMILES string of the molecule is Cc1nn(-c2ccccc2)c(CSc2ncc(CO)n2C)c1C#N. The largest absolute Gasteiger partial charge is 0.390 e. The number of aromatic nitrogens is 4. The number of para-hydroxylation sites is 1. The van der Waals surface area contributed by atoms with Crippen LogP contribution in [0.15, 0.2) is 41.7 Å². The highest BCUT2D eigenvalue weighted by Gasteiger charge is 2.17. The zero-order valence-electron chi connectivity index (χ0n) is 13.5. The van der Waals surface area contributed by atoms with Crippen LogP contribution in [0.2, 0.25) is 0 Å². The van der Waals surface area contributed by atoms with Crippen molar-refractivity contribution >= 4 is 11.8 Å². The molecule has 24 heavy (non-hydrogen) atoms. The van der Waals surface area contributed by atoms with Crippen molar-refractivity contribution in [1.82, 2.24) is 19.3 Å². The maximum Gasteiger partial charge on any atom is 0.168 e. The molecule has 1 N–H and O–H groups in total. The molecular formula is C17H17N5OS. The molecule has 0 aliphatic heterocycles. The highest BCUT2D eigenvalue weighted by Crippen LogP contribution is 2.27. The average molecular weight is 339 g/mol. The van der Waals surface area contributed by atoms with Crippen molar-refractivity contribution in [1.29, 1.82) is 5.26 Å². The number of imidazole rings is 1. The van der Waals surface area contributed by atoms with Gasteiger partial charge in [-0.3, -0.25) is 0 Å². The van der Waals surface area contributed by atoms with Crippen LogP contribution in [0.25, 0.3) is 5.69 Å². The van der Waals surface area contributed by atoms with Crippen LogP contribution in [0.4, 0.5) is 0 Å². The quantitative estimate of drug-likeness (QED) is 0.723. The first kappa shape index (κ1) is 16.3. The molecule has 0 radical (unpaired) electrons. The van der Waals surface area contributed by atoms with Crippen molar-refractivity contribution in [2.45, 2.75) is 24.4 Å². The van der Waals surface area contributed by atoms with E-state index in [1.165, 1.54) is 11.8 Å². The molecule has 0 saturated carbocycles. The van der Waals surface area contributed by atoms with Gasteiger partial charge in [0.25, 0.3) is 0 Å². The van der Waals surface area contributed by atoms with Gasteiger partial charge in [-0.2, -0.15) is 10.4 Å². The molecule has 0 spiro atoms. The number of rotatable bonds is 5. The third-order valence-corrected chi connectivity index (χ3v) is 4.87. The lowest BCUT2D eigenvalue weighted by Gasteiger charge is -2.08. The molecule has 0 aliphatic carbocycles. The minimum Gasteiger partial charge on any atom is -0.390 e. The van der Waals surface area contributed by atoms with E-state index in [9.17, 15) is 10.4 Å². The highest BCUT2D eigenvalue weighted by atomic mass is 32.2. The monoisotopic (exact) mass is 339 g/mol. The molecule has 2 heterocycles. The number of aliphatic hydroxyl groups excluding tert-OH is 1. The normalized spacial score (nSPS) is 10.8. The zero-order chi connectivity index (χ0) is 17.1. The summed E-state index contributed by atoms with van der Waals surface area (Å²) in [5.74, 6) is 0.564. The van der Waals surface area contributed by atoms with E-state index in [-0.39, 0.29) is 6.61 Å². The van der Waals surface area contributed by atoms with Crippen LogP contribution in [0.3, 0.4) is 0 Å². The molecule has 0 bridgehead atoms. The Hall–Kier alpha value is -2.56. The van der Waals surface area contributed by atoms with E-state index in [0.717, 1.165) is 22.2 Å². The van der Waals surface area contributed by atoms with Crippen LogP contribution >= 0.6 is 11.8 Å². The second-order valence-electron chi connectivity index (χ2n) is 5.30. The molecule has 3 rings (SSSR count). The first-order valence-electron chi connectivity index (χ1n) is 7.44. The second kappa shape index (κ2) is 6.91. The summed E-state index contributed by atoms with van der Waals surface area (Å²) >= 11 is 1.52. The summed E-state index contributed by atoms with van der Waals surface area (Å²) in [6.45, 7) is 1.80. The zero-order valence-corrected chi connectivity index (χ0v) is 14.3. The van der Waals surface area contributed by atoms with Crippen LogP contribution in [-0.4, -0.2) is 24.4 Å². The molecule has 0 atom stereocenters. The van der Waals surface area contributed by atoms with Gasteiger partial charge >= 0.3 is 0 Å². The molecule has 3 aromatic rings. The molecule has 0 aliphatic rings. The molecule has 6 nitrogen and oxygen atoms in total. The lowest BCUT2D eigenvalue weighted by molar-refractivity contribution is 0.271. The first-order valence-corrected chi connectivity index (χ1v) is 8.42. The van der Waals surface area contributed by atoms with Gasteiger partial charge in [-0.15, -0.1) is 0 Å². The Labute approximate surface area is 144 Å². The fourth-order valence-corrected chi connectivity index (χ4v) is 3.45. The fraction of sp³-hybridized carbons (Fsp3) is 0.235. The van der Waals surface area contributed by atoms with Crippen molar-refractivity contribution in [3.05, 3.63) is 59.2 Å². The van der Waals surface area contributed by atoms with Gasteiger partial charge in [-0.25, -0.2) is 9.67 Å². The van der Waals surface area contributed by atoms with Gasteiger partial charge < -0.3 is 9.67 Å². The number of nitriles is 1. The Morgan fingerprint density at radius 1 is 1.29 bits per heavy atom. The van der Waals surface area contributed by atoms with Crippen molar-refractivity contribution in [2.75, 3.05) is 0 Å². The van der Waals surface area contributed by atoms with Gasteiger partial charge in [-0.1, -0.05) is 30.0 Å². The van der Waals surface area contributed by atoms with Crippen LogP contribution in [0.5, 0.6) is 0 Å². The Balaban J connectivity index is 1.95. The molecule has 0 unspecified atom stereocenters. The van der Waals surface area contributed by atoms with Gasteiger partial charge in [0.05, 0.1) is 41.1 Å². The predicted octanol–water partition coefficient (Wildman–Crippen LogP) is 2.57. The maximum atomic E-state index is 9.49. The predicted molar refractivity (Wildman–Crippen MR) is 91.7 cm³/mol. The van der Waals surface area contributed by atoms with Gasteiger partial charge in [0.2, 0.25) is 0 Å². The van der Waals surface area contributed by atoms with Crippen LogP contribution < -0.4 is 0 Å². The Morgan fingerprint density at radius 3 is 2.67 bits per heavy atom. The third-order valence-electron chi connectivity index (χ3n) is 3.81. The summed E-state index contributed by atoms with van der Waals surface area (Å²) in [7, 11) is 1.87. The van der Waals surface area contributed by atoms with Crippen molar-refractivity contribution in [3.63, 3.8) is 0 Å². The second-order valence-corrected chi connectivity index (χ2v) is 6.25. The van der Waals surface area contributed by atoms with E-state index in [1.54, 1.807) is 6.20 Å². The van der Waals surface area contributed by atoms with E-state index < -0.39 is 0 Å². The lowest BCUT2D eigenvalue weighted by atomic mass is 10.2. The average Bonchev–Trinajstić information content (AvgIpc) is 3.13. The van der Waals surface area contributed by atoms with Gasteiger partial charge in [0.15, 0.2) is 5.16 Å². The smallest absolute Gasteiger partial charge is 0.168 e. The minimum absolute atomic E-state index is 0.0471. The van der Waals surface area contributed by atoms with Crippen molar-refractivity contribution in [2.24, 2.45) is 7.05 Å². The Kier molecular flexibility index (Phi) is 4.69. The van der Waals surface area contributed by atoms with Gasteiger partial charge in [-0.05, 0) is 19.1 Å². The van der Waals surface area contributed by atoms with Crippen LogP contribution in [-0.2, 0) is 19.4 Å².